The van der Waals surface area contributed by atoms with Crippen LogP contribution in [0.4, 0.5) is 0 Å². The Labute approximate surface area is 183 Å². The molecule has 0 amide bonds. The molecule has 0 saturated heterocycles. The number of hydrogen-bond acceptors (Lipinski definition) is 3. The lowest BCUT2D eigenvalue weighted by Crippen LogP contribution is -2.37. The van der Waals surface area contributed by atoms with Crippen molar-refractivity contribution in [1.82, 2.24) is 0 Å². The Morgan fingerprint density at radius 2 is 1.73 bits per heavy atom. The Balaban J connectivity index is 1.46. The Bertz CT molecular complexity index is 669. The highest BCUT2D eigenvalue weighted by atomic mass is 16.3. The maximum Gasteiger partial charge on any atom is 0.0602 e. The molecule has 0 aromatic heterocycles. The molecule has 0 spiro atoms. The molecule has 3 heteroatoms. The predicted molar refractivity (Wildman–Crippen MR) is 122 cm³/mol. The van der Waals surface area contributed by atoms with Crippen molar-refractivity contribution in [3.63, 3.8) is 0 Å². The molecule has 30 heavy (non-hydrogen) atoms. The van der Waals surface area contributed by atoms with Gasteiger partial charge in [0, 0.05) is 0 Å². The van der Waals surface area contributed by atoms with Gasteiger partial charge in [-0.05, 0) is 114 Å². The van der Waals surface area contributed by atoms with E-state index in [4.69, 9.17) is 0 Å². The normalized spacial score (nSPS) is 39.8. The van der Waals surface area contributed by atoms with E-state index in [1.165, 1.54) is 56.9 Å². The minimum atomic E-state index is -0.535. The van der Waals surface area contributed by atoms with Crippen LogP contribution in [0, 0.1) is 22.7 Å². The highest BCUT2D eigenvalue weighted by Crippen LogP contribution is 2.70. The molecule has 0 bridgehead atoms. The van der Waals surface area contributed by atoms with Crippen LogP contribution < -0.4 is 0 Å². The zero-order chi connectivity index (χ0) is 21.6. The van der Waals surface area contributed by atoms with Crippen LogP contribution in [-0.2, 0) is 0 Å². The maximum absolute atomic E-state index is 10.1. The first-order valence-electron chi connectivity index (χ1n) is 12.6. The van der Waals surface area contributed by atoms with Crippen molar-refractivity contribution in [3.05, 3.63) is 23.3 Å². The maximum atomic E-state index is 10.1. The molecule has 5 atom stereocenters. The molecular weight excluding hydrogens is 372 g/mol. The first kappa shape index (κ1) is 22.6. The molecular formula is C27H44O3. The highest BCUT2D eigenvalue weighted by Gasteiger charge is 2.60. The van der Waals surface area contributed by atoms with E-state index in [2.05, 4.69) is 19.1 Å². The van der Waals surface area contributed by atoms with Crippen LogP contribution in [0.25, 0.3) is 0 Å². The SMILES string of the molecule is CC(C)(O)CCCC1([C@H]2CCC3/C(=C/C=C4C[C@@H](O)C[C@H](O)C4)CCC[C@@]32C)CC1. The molecule has 0 aromatic carbocycles. The summed E-state index contributed by atoms with van der Waals surface area (Å²) in [6.45, 7) is 6.46. The minimum absolute atomic E-state index is 0.385. The largest absolute Gasteiger partial charge is 0.393 e. The van der Waals surface area contributed by atoms with Crippen LogP contribution in [0.5, 0.6) is 0 Å². The second kappa shape index (κ2) is 8.37. The summed E-state index contributed by atoms with van der Waals surface area (Å²) >= 11 is 0. The van der Waals surface area contributed by atoms with Crippen LogP contribution in [0.15, 0.2) is 23.3 Å². The average Bonchev–Trinajstić information content (AvgIpc) is 3.31. The first-order chi connectivity index (χ1) is 14.1. The Kier molecular flexibility index (Phi) is 6.29. The number of fused-ring (bicyclic) bond motifs is 1. The molecule has 4 fully saturated rings. The number of hydrogen-bond donors (Lipinski definition) is 3. The average molecular weight is 417 g/mol. The third kappa shape index (κ3) is 4.74. The molecule has 0 radical (unpaired) electrons. The Morgan fingerprint density at radius 3 is 2.37 bits per heavy atom. The molecule has 170 valence electrons. The van der Waals surface area contributed by atoms with Gasteiger partial charge >= 0.3 is 0 Å². The van der Waals surface area contributed by atoms with E-state index in [0.717, 1.165) is 31.6 Å². The fourth-order valence-electron chi connectivity index (χ4n) is 7.58. The van der Waals surface area contributed by atoms with Crippen LogP contribution >= 0.6 is 0 Å². The standard InChI is InChI=1S/C27H44O3/c1-25(2,30)11-5-13-27(14-15-27)24-10-9-23-20(6-4-12-26(23,24)3)8-7-19-16-21(28)18-22(29)17-19/h7-8,21-24,28-30H,4-6,9-18H2,1-3H3/b20-8+/t21-,22-,23?,24+,26+/m1/s1. The topological polar surface area (TPSA) is 60.7 Å². The van der Waals surface area contributed by atoms with Gasteiger partial charge in [0.05, 0.1) is 17.8 Å². The summed E-state index contributed by atoms with van der Waals surface area (Å²) in [6.07, 6.45) is 18.5. The molecule has 4 rings (SSSR count). The number of aliphatic hydroxyl groups excluding tert-OH is 2. The van der Waals surface area contributed by atoms with Crippen LogP contribution in [-0.4, -0.2) is 33.1 Å². The summed E-state index contributed by atoms with van der Waals surface area (Å²) in [4.78, 5) is 0. The smallest absolute Gasteiger partial charge is 0.0602 e. The summed E-state index contributed by atoms with van der Waals surface area (Å²) < 4.78 is 0. The Hall–Kier alpha value is -0.640. The van der Waals surface area contributed by atoms with Crippen LogP contribution in [0.2, 0.25) is 0 Å². The fourth-order valence-corrected chi connectivity index (χ4v) is 7.58. The van der Waals surface area contributed by atoms with Crippen molar-refractivity contribution < 1.29 is 15.3 Å². The predicted octanol–water partition coefficient (Wildman–Crippen LogP) is 5.68. The van der Waals surface area contributed by atoms with Gasteiger partial charge in [-0.1, -0.05) is 36.6 Å². The molecule has 4 aliphatic rings. The van der Waals surface area contributed by atoms with Gasteiger partial charge in [0.2, 0.25) is 0 Å². The third-order valence-electron chi connectivity index (χ3n) is 9.13. The molecule has 3 N–H and O–H groups in total. The van der Waals surface area contributed by atoms with Crippen LogP contribution in [0.3, 0.4) is 0 Å². The lowest BCUT2D eigenvalue weighted by atomic mass is 9.59. The third-order valence-corrected chi connectivity index (χ3v) is 9.13. The van der Waals surface area contributed by atoms with Crippen molar-refractivity contribution in [1.29, 1.82) is 0 Å². The zero-order valence-electron chi connectivity index (χ0n) is 19.5. The van der Waals surface area contributed by atoms with E-state index in [-0.39, 0.29) is 12.2 Å². The second-order valence-corrected chi connectivity index (χ2v) is 12.1. The van der Waals surface area contributed by atoms with Gasteiger partial charge in [-0.3, -0.25) is 0 Å². The molecule has 0 aromatic rings. The molecule has 0 heterocycles. The summed E-state index contributed by atoms with van der Waals surface area (Å²) in [6, 6.07) is 0. The van der Waals surface area contributed by atoms with E-state index in [0.29, 0.717) is 23.2 Å². The highest BCUT2D eigenvalue weighted by molar-refractivity contribution is 5.27. The minimum Gasteiger partial charge on any atom is -0.393 e. The summed E-state index contributed by atoms with van der Waals surface area (Å²) in [7, 11) is 0. The van der Waals surface area contributed by atoms with E-state index >= 15 is 0 Å². The van der Waals surface area contributed by atoms with Crippen molar-refractivity contribution in [2.24, 2.45) is 22.7 Å². The van der Waals surface area contributed by atoms with Gasteiger partial charge in [-0.15, -0.1) is 0 Å². The van der Waals surface area contributed by atoms with E-state index in [1.807, 2.05) is 13.8 Å². The first-order valence-corrected chi connectivity index (χ1v) is 12.6. The molecule has 0 aliphatic heterocycles. The van der Waals surface area contributed by atoms with Gasteiger partial charge in [0.1, 0.15) is 0 Å². The van der Waals surface area contributed by atoms with Crippen molar-refractivity contribution in [2.45, 2.75) is 122 Å². The zero-order valence-corrected chi connectivity index (χ0v) is 19.5. The van der Waals surface area contributed by atoms with E-state index in [9.17, 15) is 15.3 Å². The molecule has 4 saturated carbocycles. The van der Waals surface area contributed by atoms with Gasteiger partial charge in [0.25, 0.3) is 0 Å². The summed E-state index contributed by atoms with van der Waals surface area (Å²) in [5, 5.41) is 30.1. The van der Waals surface area contributed by atoms with Crippen molar-refractivity contribution in [2.75, 3.05) is 0 Å². The summed E-state index contributed by atoms with van der Waals surface area (Å²) in [5.74, 6) is 1.55. The lowest BCUT2D eigenvalue weighted by Gasteiger charge is -2.45. The number of aliphatic hydroxyl groups is 3. The molecule has 4 aliphatic carbocycles. The quantitative estimate of drug-likeness (QED) is 0.522. The van der Waals surface area contributed by atoms with Crippen LogP contribution in [0.1, 0.15) is 104 Å². The monoisotopic (exact) mass is 416 g/mol. The second-order valence-electron chi connectivity index (χ2n) is 12.1. The summed E-state index contributed by atoms with van der Waals surface area (Å²) in [5.41, 5.74) is 3.28. The molecule has 1 unspecified atom stereocenters. The van der Waals surface area contributed by atoms with Gasteiger partial charge in [0.15, 0.2) is 0 Å². The van der Waals surface area contributed by atoms with Gasteiger partial charge in [-0.2, -0.15) is 0 Å². The van der Waals surface area contributed by atoms with Crippen molar-refractivity contribution >= 4 is 0 Å². The van der Waals surface area contributed by atoms with Gasteiger partial charge < -0.3 is 15.3 Å². The van der Waals surface area contributed by atoms with E-state index < -0.39 is 5.60 Å². The van der Waals surface area contributed by atoms with E-state index in [1.54, 1.807) is 5.57 Å². The lowest BCUT2D eigenvalue weighted by molar-refractivity contribution is 0.0520. The fraction of sp³-hybridized carbons (Fsp3) is 0.852. The van der Waals surface area contributed by atoms with Crippen molar-refractivity contribution in [3.8, 4) is 0 Å². The number of allylic oxidation sites excluding steroid dienone is 3. The number of rotatable bonds is 6. The Morgan fingerprint density at radius 1 is 1.03 bits per heavy atom. The molecule has 3 nitrogen and oxygen atoms in total. The van der Waals surface area contributed by atoms with Gasteiger partial charge in [-0.25, -0.2) is 0 Å².